The molecular weight excluding hydrogens is 412 g/mol. The van der Waals surface area contributed by atoms with Crippen LogP contribution >= 0.6 is 0 Å². The highest BCUT2D eigenvalue weighted by Gasteiger charge is 2.14. The summed E-state index contributed by atoms with van der Waals surface area (Å²) in [5, 5.41) is 9.50. The van der Waals surface area contributed by atoms with E-state index in [9.17, 15) is 9.90 Å². The number of aromatic nitrogens is 2. The summed E-state index contributed by atoms with van der Waals surface area (Å²) in [4.78, 5) is 19.4. The lowest BCUT2D eigenvalue weighted by atomic mass is 10.0. The molecule has 0 fully saturated rings. The smallest absolute Gasteiger partial charge is 0.337 e. The van der Waals surface area contributed by atoms with E-state index in [1.54, 1.807) is 6.07 Å². The molecule has 0 radical (unpaired) electrons. The van der Waals surface area contributed by atoms with Gasteiger partial charge in [0.15, 0.2) is 0 Å². The molecule has 0 bridgehead atoms. The summed E-state index contributed by atoms with van der Waals surface area (Å²) in [6.45, 7) is 2.41. The Morgan fingerprint density at radius 2 is 1.52 bits per heavy atom. The molecule has 4 aromatic carbocycles. The van der Waals surface area contributed by atoms with Crippen molar-refractivity contribution in [1.29, 1.82) is 0 Å². The normalized spacial score (nSPS) is 10.9. The van der Waals surface area contributed by atoms with Crippen LogP contribution in [0, 0.1) is 6.92 Å². The van der Waals surface area contributed by atoms with Crippen LogP contribution in [0.15, 0.2) is 91.0 Å². The van der Waals surface area contributed by atoms with Crippen molar-refractivity contribution in [2.24, 2.45) is 0 Å². The zero-order chi connectivity index (χ0) is 22.8. The molecule has 0 aliphatic heterocycles. The third kappa shape index (κ3) is 4.34. The van der Waals surface area contributed by atoms with E-state index < -0.39 is 5.97 Å². The van der Waals surface area contributed by atoms with Crippen LogP contribution in [-0.4, -0.2) is 21.0 Å². The molecule has 5 rings (SSSR count). The molecule has 5 nitrogen and oxygen atoms in total. The quantitative estimate of drug-likeness (QED) is 0.321. The van der Waals surface area contributed by atoms with E-state index in [4.69, 9.17) is 4.74 Å². The van der Waals surface area contributed by atoms with Gasteiger partial charge in [0, 0.05) is 5.56 Å². The minimum atomic E-state index is -0.978. The number of nitrogens with zero attached hydrogens (tertiary/aromatic N) is 1. The van der Waals surface area contributed by atoms with Crippen LogP contribution in [0.4, 0.5) is 0 Å². The number of rotatable bonds is 6. The average Bonchev–Trinajstić information content (AvgIpc) is 3.27. The number of hydrogen-bond acceptors (Lipinski definition) is 3. The lowest BCUT2D eigenvalue weighted by molar-refractivity contribution is 0.0698. The third-order valence-corrected chi connectivity index (χ3v) is 5.56. The van der Waals surface area contributed by atoms with Crippen LogP contribution in [0.25, 0.3) is 33.5 Å². The molecule has 1 aromatic heterocycles. The van der Waals surface area contributed by atoms with Gasteiger partial charge in [0.1, 0.15) is 23.7 Å². The van der Waals surface area contributed by atoms with Crippen LogP contribution in [0.2, 0.25) is 0 Å². The molecule has 162 valence electrons. The lowest BCUT2D eigenvalue weighted by Gasteiger charge is -2.08. The van der Waals surface area contributed by atoms with Gasteiger partial charge in [-0.3, -0.25) is 0 Å². The van der Waals surface area contributed by atoms with Gasteiger partial charge in [0.05, 0.1) is 11.1 Å². The Hall–Kier alpha value is -4.38. The van der Waals surface area contributed by atoms with Gasteiger partial charge in [0.2, 0.25) is 0 Å². The van der Waals surface area contributed by atoms with Crippen molar-refractivity contribution < 1.29 is 14.6 Å². The van der Waals surface area contributed by atoms with Crippen LogP contribution < -0.4 is 4.74 Å². The lowest BCUT2D eigenvalue weighted by Crippen LogP contribution is -1.98. The molecule has 0 aliphatic rings. The van der Waals surface area contributed by atoms with Crippen molar-refractivity contribution in [3.05, 3.63) is 108 Å². The van der Waals surface area contributed by atoms with Gasteiger partial charge < -0.3 is 14.8 Å². The van der Waals surface area contributed by atoms with Gasteiger partial charge in [-0.05, 0) is 53.4 Å². The van der Waals surface area contributed by atoms with Crippen LogP contribution in [0.3, 0.4) is 0 Å². The van der Waals surface area contributed by atoms with Crippen molar-refractivity contribution in [2.45, 2.75) is 13.5 Å². The molecule has 0 saturated carbocycles. The van der Waals surface area contributed by atoms with E-state index in [2.05, 4.69) is 9.97 Å². The average molecular weight is 434 g/mol. The largest absolute Gasteiger partial charge is 0.489 e. The van der Waals surface area contributed by atoms with Crippen molar-refractivity contribution in [1.82, 2.24) is 9.97 Å². The number of H-pyrrole nitrogens is 1. The highest BCUT2D eigenvalue weighted by atomic mass is 16.5. The highest BCUT2D eigenvalue weighted by molar-refractivity contribution is 6.02. The molecule has 0 saturated heterocycles. The van der Waals surface area contributed by atoms with E-state index in [0.29, 0.717) is 17.9 Å². The van der Waals surface area contributed by atoms with Crippen molar-refractivity contribution >= 4 is 17.0 Å². The summed E-state index contributed by atoms with van der Waals surface area (Å²) >= 11 is 0. The second kappa shape index (κ2) is 8.63. The maximum Gasteiger partial charge on any atom is 0.337 e. The van der Waals surface area contributed by atoms with Crippen LogP contribution in [0.5, 0.6) is 5.75 Å². The second-order valence-electron chi connectivity index (χ2n) is 7.98. The number of carboxylic acids is 1. The Morgan fingerprint density at radius 3 is 2.18 bits per heavy atom. The highest BCUT2D eigenvalue weighted by Crippen LogP contribution is 2.28. The van der Waals surface area contributed by atoms with E-state index in [1.807, 2.05) is 91.9 Å². The molecular formula is C28H22N2O3. The molecule has 0 spiro atoms. The summed E-state index contributed by atoms with van der Waals surface area (Å²) in [5.74, 6) is 0.494. The molecule has 0 unspecified atom stereocenters. The maximum absolute atomic E-state index is 11.6. The molecule has 0 amide bonds. The number of aromatic amines is 1. The summed E-state index contributed by atoms with van der Waals surface area (Å²) in [5.41, 5.74) is 6.46. The number of ether oxygens (including phenoxy) is 1. The number of imidazole rings is 1. The first-order valence-corrected chi connectivity index (χ1v) is 10.7. The van der Waals surface area contributed by atoms with Gasteiger partial charge in [-0.1, -0.05) is 66.7 Å². The number of benzene rings is 4. The standard InChI is InChI=1S/C28H22N2O3/c1-18-15-24(28(31)32)26-25(16-18)29-27(30-26)22-9-7-20(8-10-22)21-11-13-23(14-12-21)33-17-19-5-3-2-4-6-19/h2-16H,17H2,1H3,(H,29,30)(H,31,32). The number of carbonyl (C=O) groups is 1. The SMILES string of the molecule is Cc1cc(C(=O)O)c2nc(-c3ccc(-c4ccc(OCc5ccccc5)cc4)cc3)[nH]c2c1. The summed E-state index contributed by atoms with van der Waals surface area (Å²) in [6, 6.07) is 29.7. The van der Waals surface area contributed by atoms with Crippen LogP contribution in [-0.2, 0) is 6.61 Å². The first-order chi connectivity index (χ1) is 16.1. The Kier molecular flexibility index (Phi) is 5.37. The van der Waals surface area contributed by atoms with Gasteiger partial charge in [-0.25, -0.2) is 9.78 Å². The number of fused-ring (bicyclic) bond motifs is 1. The van der Waals surface area contributed by atoms with Gasteiger partial charge >= 0.3 is 5.97 Å². The number of hydrogen-bond donors (Lipinski definition) is 2. The third-order valence-electron chi connectivity index (χ3n) is 5.56. The first kappa shape index (κ1) is 20.5. The summed E-state index contributed by atoms with van der Waals surface area (Å²) in [7, 11) is 0. The van der Waals surface area contributed by atoms with Gasteiger partial charge in [0.25, 0.3) is 0 Å². The molecule has 0 aliphatic carbocycles. The van der Waals surface area contributed by atoms with Crippen LogP contribution in [0.1, 0.15) is 21.5 Å². The minimum absolute atomic E-state index is 0.207. The summed E-state index contributed by atoms with van der Waals surface area (Å²) < 4.78 is 5.87. The van der Waals surface area contributed by atoms with Crippen molar-refractivity contribution in [2.75, 3.05) is 0 Å². The van der Waals surface area contributed by atoms with Gasteiger partial charge in [-0.2, -0.15) is 0 Å². The predicted octanol–water partition coefficient (Wildman–Crippen LogP) is 6.48. The number of carboxylic acid groups (broad SMARTS) is 1. The molecule has 2 N–H and O–H groups in total. The van der Waals surface area contributed by atoms with E-state index in [0.717, 1.165) is 39.1 Å². The zero-order valence-electron chi connectivity index (χ0n) is 18.1. The van der Waals surface area contributed by atoms with E-state index >= 15 is 0 Å². The zero-order valence-corrected chi connectivity index (χ0v) is 18.1. The Morgan fingerprint density at radius 1 is 0.879 bits per heavy atom. The fourth-order valence-electron chi connectivity index (χ4n) is 3.87. The molecule has 1 heterocycles. The van der Waals surface area contributed by atoms with Crippen molar-refractivity contribution in [3.8, 4) is 28.3 Å². The Balaban J connectivity index is 1.34. The minimum Gasteiger partial charge on any atom is -0.489 e. The van der Waals surface area contributed by atoms with E-state index in [1.165, 1.54) is 0 Å². The number of nitrogens with one attached hydrogen (secondary N) is 1. The number of aromatic carboxylic acids is 1. The van der Waals surface area contributed by atoms with Gasteiger partial charge in [-0.15, -0.1) is 0 Å². The number of aryl methyl sites for hydroxylation is 1. The van der Waals surface area contributed by atoms with E-state index in [-0.39, 0.29) is 5.56 Å². The molecule has 0 atom stereocenters. The molecule has 5 aromatic rings. The second-order valence-corrected chi connectivity index (χ2v) is 7.98. The monoisotopic (exact) mass is 434 g/mol. The predicted molar refractivity (Wildman–Crippen MR) is 129 cm³/mol. The molecule has 5 heteroatoms. The maximum atomic E-state index is 11.6. The Labute approximate surface area is 191 Å². The molecule has 33 heavy (non-hydrogen) atoms. The first-order valence-electron chi connectivity index (χ1n) is 10.7. The topological polar surface area (TPSA) is 75.2 Å². The fraction of sp³-hybridized carbons (Fsp3) is 0.0714. The fourth-order valence-corrected chi connectivity index (χ4v) is 3.87. The van der Waals surface area contributed by atoms with Crippen molar-refractivity contribution in [3.63, 3.8) is 0 Å². The summed E-state index contributed by atoms with van der Waals surface area (Å²) in [6.07, 6.45) is 0. The Bertz CT molecular complexity index is 1420.